The zero-order chi connectivity index (χ0) is 22.2. The van der Waals surface area contributed by atoms with Crippen molar-refractivity contribution in [2.24, 2.45) is 5.10 Å². The fourth-order valence-corrected chi connectivity index (χ4v) is 2.56. The van der Waals surface area contributed by atoms with E-state index in [0.717, 1.165) is 17.7 Å². The zero-order valence-electron chi connectivity index (χ0n) is 16.5. The van der Waals surface area contributed by atoms with Gasteiger partial charge in [0.05, 0.1) is 11.8 Å². The van der Waals surface area contributed by atoms with Gasteiger partial charge in [-0.25, -0.2) is 14.6 Å². The Balaban J connectivity index is 1.57. The second kappa shape index (κ2) is 9.93. The lowest BCUT2D eigenvalue weighted by molar-refractivity contribution is -0.136. The van der Waals surface area contributed by atoms with Crippen molar-refractivity contribution in [3.8, 4) is 5.75 Å². The molecule has 0 heterocycles. The number of ether oxygens (including phenoxy) is 1. The molecular formula is C23H18FN3O4. The molecule has 3 rings (SSSR count). The Bertz CT molecular complexity index is 1140. The lowest BCUT2D eigenvalue weighted by atomic mass is 10.1. The molecule has 8 heteroatoms. The molecule has 3 aromatic carbocycles. The van der Waals surface area contributed by atoms with Crippen LogP contribution in [0.15, 0.2) is 77.9 Å². The number of carbonyl (C=O) groups excluding carboxylic acids is 3. The van der Waals surface area contributed by atoms with Crippen LogP contribution in [0.1, 0.15) is 21.5 Å². The first-order valence-electron chi connectivity index (χ1n) is 9.20. The second-order valence-corrected chi connectivity index (χ2v) is 6.44. The maximum absolute atomic E-state index is 12.9. The van der Waals surface area contributed by atoms with Gasteiger partial charge in [0.1, 0.15) is 11.6 Å². The molecule has 156 valence electrons. The van der Waals surface area contributed by atoms with Crippen LogP contribution in [0.2, 0.25) is 0 Å². The van der Waals surface area contributed by atoms with Gasteiger partial charge in [0.25, 0.3) is 0 Å². The zero-order valence-corrected chi connectivity index (χ0v) is 16.5. The Hall–Kier alpha value is -4.33. The number of hydrogen-bond donors (Lipinski definition) is 2. The summed E-state index contributed by atoms with van der Waals surface area (Å²) in [4.78, 5) is 36.0. The quantitative estimate of drug-likeness (QED) is 0.218. The molecule has 0 atom stereocenters. The van der Waals surface area contributed by atoms with E-state index >= 15 is 0 Å². The number of benzene rings is 3. The number of aryl methyl sites for hydroxylation is 1. The number of halogens is 1. The lowest BCUT2D eigenvalue weighted by Crippen LogP contribution is -2.32. The highest BCUT2D eigenvalue weighted by Gasteiger charge is 2.13. The van der Waals surface area contributed by atoms with Gasteiger partial charge in [-0.3, -0.25) is 9.59 Å². The van der Waals surface area contributed by atoms with Crippen LogP contribution >= 0.6 is 0 Å². The van der Waals surface area contributed by atoms with Crippen LogP contribution < -0.4 is 15.5 Å². The molecule has 0 aliphatic rings. The number of esters is 1. The van der Waals surface area contributed by atoms with Crippen molar-refractivity contribution in [2.75, 3.05) is 5.32 Å². The molecular weight excluding hydrogens is 401 g/mol. The van der Waals surface area contributed by atoms with Gasteiger partial charge in [-0.2, -0.15) is 5.10 Å². The molecule has 0 aliphatic carbocycles. The molecule has 0 radical (unpaired) electrons. The Morgan fingerprint density at radius 1 is 0.935 bits per heavy atom. The van der Waals surface area contributed by atoms with E-state index in [2.05, 4.69) is 15.8 Å². The molecule has 2 N–H and O–H groups in total. The molecule has 0 fully saturated rings. The van der Waals surface area contributed by atoms with Gasteiger partial charge in [-0.1, -0.05) is 30.3 Å². The van der Waals surface area contributed by atoms with Crippen molar-refractivity contribution in [2.45, 2.75) is 6.92 Å². The van der Waals surface area contributed by atoms with Crippen molar-refractivity contribution >= 4 is 29.7 Å². The number of amides is 2. The summed E-state index contributed by atoms with van der Waals surface area (Å²) in [6, 6.07) is 18.6. The van der Waals surface area contributed by atoms with E-state index in [1.54, 1.807) is 36.4 Å². The van der Waals surface area contributed by atoms with Crippen molar-refractivity contribution < 1.29 is 23.5 Å². The highest BCUT2D eigenvalue weighted by atomic mass is 19.1. The first kappa shape index (κ1) is 21.4. The van der Waals surface area contributed by atoms with Crippen LogP contribution in [-0.4, -0.2) is 24.0 Å². The maximum atomic E-state index is 12.9. The average molecular weight is 419 g/mol. The summed E-state index contributed by atoms with van der Waals surface area (Å²) in [6.45, 7) is 1.81. The van der Waals surface area contributed by atoms with Gasteiger partial charge in [0, 0.05) is 5.69 Å². The normalized spacial score (nSPS) is 10.5. The van der Waals surface area contributed by atoms with Crippen molar-refractivity contribution in [3.63, 3.8) is 0 Å². The molecule has 7 nitrogen and oxygen atoms in total. The molecule has 3 aromatic rings. The van der Waals surface area contributed by atoms with E-state index in [9.17, 15) is 18.8 Å². The van der Waals surface area contributed by atoms with E-state index in [4.69, 9.17) is 4.74 Å². The lowest BCUT2D eigenvalue weighted by Gasteiger charge is -2.07. The summed E-state index contributed by atoms with van der Waals surface area (Å²) in [6.07, 6.45) is 1.30. The number of hydrazone groups is 1. The van der Waals surface area contributed by atoms with Crippen LogP contribution in [0, 0.1) is 12.7 Å². The average Bonchev–Trinajstić information content (AvgIpc) is 2.75. The molecule has 0 unspecified atom stereocenters. The highest BCUT2D eigenvalue weighted by molar-refractivity contribution is 6.39. The number of hydrogen-bond acceptors (Lipinski definition) is 5. The van der Waals surface area contributed by atoms with Gasteiger partial charge in [0.15, 0.2) is 0 Å². The van der Waals surface area contributed by atoms with E-state index in [-0.39, 0.29) is 5.69 Å². The van der Waals surface area contributed by atoms with E-state index in [1.807, 2.05) is 19.1 Å². The van der Waals surface area contributed by atoms with Crippen molar-refractivity contribution in [3.05, 3.63) is 95.3 Å². The predicted molar refractivity (Wildman–Crippen MR) is 113 cm³/mol. The fraction of sp³-hybridized carbons (Fsp3) is 0.0435. The Morgan fingerprint density at radius 3 is 2.42 bits per heavy atom. The number of rotatable bonds is 5. The number of carbonyl (C=O) groups is 3. The van der Waals surface area contributed by atoms with Gasteiger partial charge < -0.3 is 10.1 Å². The number of nitrogens with one attached hydrogen (secondary N) is 2. The first-order chi connectivity index (χ1) is 14.9. The van der Waals surface area contributed by atoms with Gasteiger partial charge in [-0.15, -0.1) is 0 Å². The van der Waals surface area contributed by atoms with Gasteiger partial charge in [-0.05, 0) is 60.5 Å². The summed E-state index contributed by atoms with van der Waals surface area (Å²) in [7, 11) is 0. The SMILES string of the molecule is Cc1ccccc1C(=O)Oc1cccc(/C=N/NC(=O)C(=O)Nc2ccc(F)cc2)c1. The maximum Gasteiger partial charge on any atom is 0.343 e. The van der Waals surface area contributed by atoms with Crippen molar-refractivity contribution in [1.82, 2.24) is 5.43 Å². The monoisotopic (exact) mass is 419 g/mol. The smallest absolute Gasteiger partial charge is 0.343 e. The van der Waals surface area contributed by atoms with Crippen molar-refractivity contribution in [1.29, 1.82) is 0 Å². The molecule has 0 saturated heterocycles. The third kappa shape index (κ3) is 6.07. The van der Waals surface area contributed by atoms with Crippen LogP contribution in [0.25, 0.3) is 0 Å². The van der Waals surface area contributed by atoms with E-state index < -0.39 is 23.6 Å². The Morgan fingerprint density at radius 2 is 1.68 bits per heavy atom. The minimum atomic E-state index is -0.997. The largest absolute Gasteiger partial charge is 0.423 e. The number of nitrogens with zero attached hydrogens (tertiary/aromatic N) is 1. The molecule has 2 amide bonds. The standard InChI is InChI=1S/C23H18FN3O4/c1-15-5-2-3-8-20(15)23(30)31-19-7-4-6-16(13-19)14-25-27-22(29)21(28)26-18-11-9-17(24)10-12-18/h2-14H,1H3,(H,26,28)(H,27,29)/b25-14+. The fourth-order valence-electron chi connectivity index (χ4n) is 2.56. The van der Waals surface area contributed by atoms with Gasteiger partial charge in [0.2, 0.25) is 0 Å². The third-order valence-corrected chi connectivity index (χ3v) is 4.12. The van der Waals surface area contributed by atoms with Crippen LogP contribution in [0.5, 0.6) is 5.75 Å². The second-order valence-electron chi connectivity index (χ2n) is 6.44. The predicted octanol–water partition coefficient (Wildman–Crippen LogP) is 3.44. The highest BCUT2D eigenvalue weighted by Crippen LogP contribution is 2.16. The summed E-state index contributed by atoms with van der Waals surface area (Å²) >= 11 is 0. The van der Waals surface area contributed by atoms with Gasteiger partial charge >= 0.3 is 17.8 Å². The molecule has 0 aromatic heterocycles. The summed E-state index contributed by atoms with van der Waals surface area (Å²) in [5.74, 6) is -2.60. The molecule has 0 bridgehead atoms. The number of anilines is 1. The summed E-state index contributed by atoms with van der Waals surface area (Å²) < 4.78 is 18.3. The Labute approximate surface area is 177 Å². The molecule has 0 aliphatic heterocycles. The van der Waals surface area contributed by atoms with E-state index in [1.165, 1.54) is 18.3 Å². The summed E-state index contributed by atoms with van der Waals surface area (Å²) in [5, 5.41) is 6.04. The van der Waals surface area contributed by atoms with E-state index in [0.29, 0.717) is 16.9 Å². The third-order valence-electron chi connectivity index (χ3n) is 4.12. The first-order valence-corrected chi connectivity index (χ1v) is 9.20. The minimum Gasteiger partial charge on any atom is -0.423 e. The molecule has 31 heavy (non-hydrogen) atoms. The van der Waals surface area contributed by atoms with Crippen LogP contribution in [-0.2, 0) is 9.59 Å². The van der Waals surface area contributed by atoms with Crippen LogP contribution in [0.4, 0.5) is 10.1 Å². The Kier molecular flexibility index (Phi) is 6.85. The topological polar surface area (TPSA) is 96.9 Å². The van der Waals surface area contributed by atoms with Crippen LogP contribution in [0.3, 0.4) is 0 Å². The summed E-state index contributed by atoms with van der Waals surface area (Å²) in [5.41, 5.74) is 4.16. The minimum absolute atomic E-state index is 0.272. The molecule has 0 saturated carbocycles. The molecule has 0 spiro atoms.